The summed E-state index contributed by atoms with van der Waals surface area (Å²) in [6, 6.07) is 0. The summed E-state index contributed by atoms with van der Waals surface area (Å²) in [5, 5.41) is 6.22. The number of carbonyl (C=O) groups excluding carboxylic acids is 1. The Labute approximate surface area is 86.0 Å². The van der Waals surface area contributed by atoms with Crippen LogP contribution in [-0.4, -0.2) is 24.5 Å². The Hall–Kier alpha value is -0.830. The fourth-order valence-electron chi connectivity index (χ4n) is 1.86. The van der Waals surface area contributed by atoms with Crippen LogP contribution in [0.2, 0.25) is 0 Å². The summed E-state index contributed by atoms with van der Waals surface area (Å²) < 4.78 is 0. The summed E-state index contributed by atoms with van der Waals surface area (Å²) in [6.07, 6.45) is 2.90. The van der Waals surface area contributed by atoms with E-state index in [9.17, 15) is 4.79 Å². The summed E-state index contributed by atoms with van der Waals surface area (Å²) >= 11 is 0. The molecule has 1 unspecified atom stereocenters. The average molecular weight is 196 g/mol. The van der Waals surface area contributed by atoms with Crippen molar-refractivity contribution < 1.29 is 4.79 Å². The number of amides is 1. The van der Waals surface area contributed by atoms with Crippen LogP contribution in [0.3, 0.4) is 0 Å². The van der Waals surface area contributed by atoms with E-state index in [0.717, 1.165) is 31.4 Å². The molecule has 0 aromatic rings. The molecule has 3 heteroatoms. The van der Waals surface area contributed by atoms with Gasteiger partial charge >= 0.3 is 0 Å². The molecule has 1 aliphatic rings. The summed E-state index contributed by atoms with van der Waals surface area (Å²) in [7, 11) is 0. The lowest BCUT2D eigenvalue weighted by molar-refractivity contribution is -0.127. The van der Waals surface area contributed by atoms with E-state index in [1.807, 2.05) is 6.92 Å². The molecule has 14 heavy (non-hydrogen) atoms. The summed E-state index contributed by atoms with van der Waals surface area (Å²) in [5.41, 5.74) is 0.678. The fourth-order valence-corrected chi connectivity index (χ4v) is 1.86. The molecule has 0 saturated carbocycles. The first-order valence-corrected chi connectivity index (χ1v) is 5.28. The molecular formula is C11H20N2O. The van der Waals surface area contributed by atoms with E-state index in [-0.39, 0.29) is 11.4 Å². The van der Waals surface area contributed by atoms with E-state index >= 15 is 0 Å². The second kappa shape index (κ2) is 4.60. The molecule has 80 valence electrons. The third-order valence-corrected chi connectivity index (χ3v) is 2.83. The molecule has 1 fully saturated rings. The van der Waals surface area contributed by atoms with Crippen LogP contribution < -0.4 is 10.6 Å². The van der Waals surface area contributed by atoms with Crippen LogP contribution in [0.25, 0.3) is 0 Å². The van der Waals surface area contributed by atoms with Crippen molar-refractivity contribution in [3.05, 3.63) is 12.2 Å². The number of carbonyl (C=O) groups is 1. The predicted molar refractivity (Wildman–Crippen MR) is 58.1 cm³/mol. The van der Waals surface area contributed by atoms with Crippen LogP contribution in [0.15, 0.2) is 12.2 Å². The zero-order valence-corrected chi connectivity index (χ0v) is 9.15. The van der Waals surface area contributed by atoms with Crippen LogP contribution in [-0.2, 0) is 4.79 Å². The van der Waals surface area contributed by atoms with Gasteiger partial charge in [-0.25, -0.2) is 0 Å². The van der Waals surface area contributed by atoms with Gasteiger partial charge in [0.1, 0.15) is 0 Å². The molecule has 2 N–H and O–H groups in total. The Balaban J connectivity index is 2.52. The van der Waals surface area contributed by atoms with E-state index in [1.165, 1.54) is 0 Å². The molecular weight excluding hydrogens is 176 g/mol. The minimum absolute atomic E-state index is 0.125. The summed E-state index contributed by atoms with van der Waals surface area (Å²) in [5.74, 6) is 0.125. The zero-order valence-electron chi connectivity index (χ0n) is 9.15. The minimum Gasteiger partial charge on any atom is -0.351 e. The van der Waals surface area contributed by atoms with Crippen LogP contribution in [0, 0.1) is 0 Å². The van der Waals surface area contributed by atoms with Crippen molar-refractivity contribution in [1.29, 1.82) is 0 Å². The molecule has 0 aromatic carbocycles. The average Bonchev–Trinajstić information content (AvgIpc) is 2.63. The van der Waals surface area contributed by atoms with Gasteiger partial charge in [0.2, 0.25) is 5.91 Å². The van der Waals surface area contributed by atoms with Gasteiger partial charge in [0.25, 0.3) is 0 Å². The highest BCUT2D eigenvalue weighted by Crippen LogP contribution is 2.22. The first-order chi connectivity index (χ1) is 6.60. The Morgan fingerprint density at radius 1 is 1.64 bits per heavy atom. The number of hydrogen-bond acceptors (Lipinski definition) is 2. The quantitative estimate of drug-likeness (QED) is 0.664. The summed E-state index contributed by atoms with van der Waals surface area (Å²) in [4.78, 5) is 11.9. The van der Waals surface area contributed by atoms with Gasteiger partial charge in [0.15, 0.2) is 0 Å². The Morgan fingerprint density at radius 3 is 2.79 bits per heavy atom. The van der Waals surface area contributed by atoms with Crippen molar-refractivity contribution in [3.63, 3.8) is 0 Å². The van der Waals surface area contributed by atoms with Gasteiger partial charge in [-0.1, -0.05) is 19.1 Å². The van der Waals surface area contributed by atoms with Gasteiger partial charge in [0, 0.05) is 6.54 Å². The van der Waals surface area contributed by atoms with Crippen molar-refractivity contribution in [2.24, 2.45) is 0 Å². The van der Waals surface area contributed by atoms with Gasteiger partial charge in [-0.2, -0.15) is 0 Å². The second-order valence-corrected chi connectivity index (χ2v) is 4.11. The molecule has 1 heterocycles. The van der Waals surface area contributed by atoms with Crippen LogP contribution in [0.4, 0.5) is 0 Å². The van der Waals surface area contributed by atoms with Crippen molar-refractivity contribution in [3.8, 4) is 0 Å². The lowest BCUT2D eigenvalue weighted by Crippen LogP contribution is -2.53. The van der Waals surface area contributed by atoms with Gasteiger partial charge < -0.3 is 10.6 Å². The molecule has 3 nitrogen and oxygen atoms in total. The lowest BCUT2D eigenvalue weighted by Gasteiger charge is -2.26. The van der Waals surface area contributed by atoms with Crippen molar-refractivity contribution in [2.75, 3.05) is 13.1 Å². The highest BCUT2D eigenvalue weighted by molar-refractivity contribution is 5.86. The first kappa shape index (κ1) is 11.2. The smallest absolute Gasteiger partial charge is 0.240 e. The highest BCUT2D eigenvalue weighted by atomic mass is 16.2. The van der Waals surface area contributed by atoms with Crippen LogP contribution >= 0.6 is 0 Å². The van der Waals surface area contributed by atoms with Crippen molar-refractivity contribution in [1.82, 2.24) is 10.6 Å². The summed E-state index contributed by atoms with van der Waals surface area (Å²) in [6.45, 7) is 9.28. The Bertz CT molecular complexity index is 229. The Kier molecular flexibility index (Phi) is 3.69. The van der Waals surface area contributed by atoms with Gasteiger partial charge in [-0.15, -0.1) is 0 Å². The van der Waals surface area contributed by atoms with Crippen LogP contribution in [0.1, 0.15) is 33.1 Å². The molecule has 0 aromatic heterocycles. The maximum atomic E-state index is 11.9. The predicted octanol–water partition coefficient (Wildman–Crippen LogP) is 1.21. The molecule has 1 amide bonds. The molecule has 1 aliphatic heterocycles. The minimum atomic E-state index is -0.310. The van der Waals surface area contributed by atoms with E-state index in [4.69, 9.17) is 0 Å². The normalized spacial score (nSPS) is 26.1. The second-order valence-electron chi connectivity index (χ2n) is 4.11. The third kappa shape index (κ3) is 2.35. The van der Waals surface area contributed by atoms with E-state index in [1.54, 1.807) is 0 Å². The molecule has 1 atom stereocenters. The van der Waals surface area contributed by atoms with E-state index in [2.05, 4.69) is 24.1 Å². The largest absolute Gasteiger partial charge is 0.351 e. The third-order valence-electron chi connectivity index (χ3n) is 2.83. The molecule has 0 bridgehead atoms. The monoisotopic (exact) mass is 196 g/mol. The number of hydrogen-bond donors (Lipinski definition) is 2. The molecule has 1 rings (SSSR count). The molecule has 0 radical (unpaired) electrons. The topological polar surface area (TPSA) is 41.1 Å². The maximum absolute atomic E-state index is 11.9. The maximum Gasteiger partial charge on any atom is 0.240 e. The van der Waals surface area contributed by atoms with Gasteiger partial charge in [-0.05, 0) is 32.7 Å². The standard InChI is InChI=1S/C11H20N2O/c1-4-11(6-5-7-13-11)10(14)12-8-9(2)3/h13H,2,4-8H2,1,3H3,(H,12,14). The van der Waals surface area contributed by atoms with E-state index < -0.39 is 0 Å². The highest BCUT2D eigenvalue weighted by Gasteiger charge is 2.38. The fraction of sp³-hybridized carbons (Fsp3) is 0.727. The molecule has 0 spiro atoms. The molecule has 0 aliphatic carbocycles. The Morgan fingerprint density at radius 2 is 2.36 bits per heavy atom. The van der Waals surface area contributed by atoms with Gasteiger partial charge in [0.05, 0.1) is 5.54 Å². The van der Waals surface area contributed by atoms with Crippen molar-refractivity contribution >= 4 is 5.91 Å². The van der Waals surface area contributed by atoms with Crippen molar-refractivity contribution in [2.45, 2.75) is 38.6 Å². The van der Waals surface area contributed by atoms with E-state index in [0.29, 0.717) is 6.54 Å². The zero-order chi connectivity index (χ0) is 10.6. The van der Waals surface area contributed by atoms with Crippen LogP contribution in [0.5, 0.6) is 0 Å². The number of rotatable bonds is 4. The lowest BCUT2D eigenvalue weighted by atomic mass is 9.93. The van der Waals surface area contributed by atoms with Gasteiger partial charge in [-0.3, -0.25) is 4.79 Å². The number of nitrogens with one attached hydrogen (secondary N) is 2. The molecule has 1 saturated heterocycles. The SMILES string of the molecule is C=C(C)CNC(=O)C1(CC)CCCN1. The first-order valence-electron chi connectivity index (χ1n) is 5.28.